The van der Waals surface area contributed by atoms with E-state index in [4.69, 9.17) is 16.0 Å². The fourth-order valence-corrected chi connectivity index (χ4v) is 3.51. The van der Waals surface area contributed by atoms with Gasteiger partial charge in [-0.1, -0.05) is 23.6 Å². The summed E-state index contributed by atoms with van der Waals surface area (Å²) in [6.07, 6.45) is 2.37. The van der Waals surface area contributed by atoms with Crippen molar-refractivity contribution in [2.75, 3.05) is 0 Å². The normalized spacial score (nSPS) is 11.0. The highest BCUT2D eigenvalue weighted by molar-refractivity contribution is 6.30. The molecule has 0 aliphatic heterocycles. The summed E-state index contributed by atoms with van der Waals surface area (Å²) < 4.78 is 32.3. The van der Waals surface area contributed by atoms with Crippen LogP contribution in [0.4, 0.5) is 8.78 Å². The van der Waals surface area contributed by atoms with E-state index in [9.17, 15) is 8.78 Å². The molecule has 5 aromatic rings. The van der Waals surface area contributed by atoms with Gasteiger partial charge in [-0.15, -0.1) is 10.2 Å². The first-order valence-corrected chi connectivity index (χ1v) is 10.2. The molecule has 4 heterocycles. The lowest BCUT2D eigenvalue weighted by Gasteiger charge is -2.06. The van der Waals surface area contributed by atoms with E-state index in [0.717, 1.165) is 22.2 Å². The molecule has 0 aliphatic carbocycles. The number of benzene rings is 1. The molecule has 0 aliphatic rings. The molecule has 0 saturated heterocycles. The summed E-state index contributed by atoms with van der Waals surface area (Å²) in [5.74, 6) is 5.51. The van der Waals surface area contributed by atoms with Gasteiger partial charge in [0, 0.05) is 34.6 Å². The van der Waals surface area contributed by atoms with Gasteiger partial charge in [0.2, 0.25) is 5.89 Å². The third kappa shape index (κ3) is 4.45. The highest BCUT2D eigenvalue weighted by Crippen LogP contribution is 2.23. The second-order valence-electron chi connectivity index (χ2n) is 7.08. The van der Waals surface area contributed by atoms with Crippen molar-refractivity contribution in [2.24, 2.45) is 0 Å². The van der Waals surface area contributed by atoms with Crippen LogP contribution < -0.4 is 0 Å². The van der Waals surface area contributed by atoms with Crippen LogP contribution in [0.15, 0.2) is 71.5 Å². The minimum Gasteiger partial charge on any atom is -0.415 e. The highest BCUT2D eigenvalue weighted by Gasteiger charge is 2.17. The van der Waals surface area contributed by atoms with Crippen LogP contribution in [0.2, 0.25) is 5.02 Å². The highest BCUT2D eigenvalue weighted by atomic mass is 35.5. The number of hydrogen-bond donors (Lipinski definition) is 0. The molecule has 0 N–H and O–H groups in total. The first-order chi connectivity index (χ1) is 16.1. The minimum absolute atomic E-state index is 0.00441. The van der Waals surface area contributed by atoms with Crippen molar-refractivity contribution >= 4 is 22.5 Å². The van der Waals surface area contributed by atoms with Crippen molar-refractivity contribution in [3.05, 3.63) is 95.0 Å². The zero-order chi connectivity index (χ0) is 22.8. The van der Waals surface area contributed by atoms with Crippen LogP contribution in [0.3, 0.4) is 0 Å². The van der Waals surface area contributed by atoms with Crippen LogP contribution in [-0.4, -0.2) is 24.7 Å². The third-order valence-corrected chi connectivity index (χ3v) is 5.11. The van der Waals surface area contributed by atoms with Gasteiger partial charge < -0.3 is 8.98 Å². The molecule has 33 heavy (non-hydrogen) atoms. The molecule has 0 spiro atoms. The molecule has 9 heteroatoms. The summed E-state index contributed by atoms with van der Waals surface area (Å²) in [6, 6.07) is 14.7. The number of halogens is 3. The van der Waals surface area contributed by atoms with Crippen LogP contribution >= 0.6 is 11.6 Å². The van der Waals surface area contributed by atoms with Gasteiger partial charge >= 0.3 is 6.43 Å². The van der Waals surface area contributed by atoms with Gasteiger partial charge in [0.15, 0.2) is 0 Å². The van der Waals surface area contributed by atoms with Crippen molar-refractivity contribution in [3.63, 3.8) is 0 Å². The standard InChI is InChI=1S/C24H14ClF2N5O/c25-17-3-1-2-15(12-17)4-7-20-19-9-11-32(21(19)8-10-28-20)14-18-6-5-16(13-29-18)23-30-31-24(33-23)22(26)27/h1-3,5-6,8-13,22H,14H2. The number of aromatic nitrogens is 5. The molecule has 0 atom stereocenters. The molecule has 162 valence electrons. The Hall–Kier alpha value is -4.09. The second kappa shape index (κ2) is 8.81. The van der Waals surface area contributed by atoms with Crippen molar-refractivity contribution in [1.29, 1.82) is 0 Å². The summed E-state index contributed by atoms with van der Waals surface area (Å²) in [6.45, 7) is 0.501. The van der Waals surface area contributed by atoms with Gasteiger partial charge in [-0.05, 0) is 48.4 Å². The summed E-state index contributed by atoms with van der Waals surface area (Å²) in [7, 11) is 0. The number of hydrogen-bond acceptors (Lipinski definition) is 5. The molecular formula is C24H14ClF2N5O. The topological polar surface area (TPSA) is 69.6 Å². The molecule has 0 radical (unpaired) electrons. The van der Waals surface area contributed by atoms with E-state index in [-0.39, 0.29) is 5.89 Å². The third-order valence-electron chi connectivity index (χ3n) is 4.88. The fourth-order valence-electron chi connectivity index (χ4n) is 3.32. The molecule has 1 aromatic carbocycles. The lowest BCUT2D eigenvalue weighted by atomic mass is 10.2. The predicted molar refractivity (Wildman–Crippen MR) is 119 cm³/mol. The summed E-state index contributed by atoms with van der Waals surface area (Å²) in [4.78, 5) is 8.82. The number of fused-ring (bicyclic) bond motifs is 1. The average Bonchev–Trinajstić information content (AvgIpc) is 3.47. The molecule has 4 aromatic heterocycles. The maximum atomic E-state index is 12.6. The lowest BCUT2D eigenvalue weighted by molar-refractivity contribution is 0.116. The van der Waals surface area contributed by atoms with Crippen LogP contribution in [0.25, 0.3) is 22.4 Å². The molecule has 0 unspecified atom stereocenters. The van der Waals surface area contributed by atoms with E-state index < -0.39 is 12.3 Å². The fraction of sp³-hybridized carbons (Fsp3) is 0.0833. The lowest BCUT2D eigenvalue weighted by Crippen LogP contribution is -2.00. The number of nitrogens with zero attached hydrogens (tertiary/aromatic N) is 5. The molecule has 0 saturated carbocycles. The van der Waals surface area contributed by atoms with Gasteiger partial charge in [0.05, 0.1) is 23.3 Å². The number of rotatable bonds is 4. The molecule has 0 bridgehead atoms. The van der Waals surface area contributed by atoms with Crippen LogP contribution in [0.1, 0.15) is 29.3 Å². The van der Waals surface area contributed by atoms with Crippen molar-refractivity contribution < 1.29 is 13.2 Å². The Morgan fingerprint density at radius 3 is 2.70 bits per heavy atom. The van der Waals surface area contributed by atoms with Crippen molar-refractivity contribution in [3.8, 4) is 23.3 Å². The minimum atomic E-state index is -2.81. The Morgan fingerprint density at radius 2 is 1.94 bits per heavy atom. The molecule has 0 amide bonds. The van der Waals surface area contributed by atoms with E-state index in [1.54, 1.807) is 30.5 Å². The van der Waals surface area contributed by atoms with Gasteiger partial charge in [-0.25, -0.2) is 4.98 Å². The summed E-state index contributed by atoms with van der Waals surface area (Å²) in [5.41, 5.74) is 3.68. The van der Waals surface area contributed by atoms with Crippen LogP contribution in [0, 0.1) is 11.8 Å². The second-order valence-corrected chi connectivity index (χ2v) is 7.52. The van der Waals surface area contributed by atoms with E-state index in [1.807, 2.05) is 35.0 Å². The maximum absolute atomic E-state index is 12.6. The summed E-state index contributed by atoms with van der Waals surface area (Å²) >= 11 is 6.03. The Morgan fingerprint density at radius 1 is 1.03 bits per heavy atom. The average molecular weight is 462 g/mol. The zero-order valence-corrected chi connectivity index (χ0v) is 17.7. The summed E-state index contributed by atoms with van der Waals surface area (Å²) in [5, 5.41) is 8.53. The quantitative estimate of drug-likeness (QED) is 0.329. The van der Waals surface area contributed by atoms with Gasteiger partial charge in [0.25, 0.3) is 5.89 Å². The van der Waals surface area contributed by atoms with Crippen molar-refractivity contribution in [1.82, 2.24) is 24.7 Å². The first-order valence-electron chi connectivity index (χ1n) is 9.85. The maximum Gasteiger partial charge on any atom is 0.314 e. The van der Waals surface area contributed by atoms with E-state index >= 15 is 0 Å². The monoisotopic (exact) mass is 461 g/mol. The van der Waals surface area contributed by atoms with Gasteiger partial charge in [-0.2, -0.15) is 8.78 Å². The van der Waals surface area contributed by atoms with Gasteiger partial charge in [-0.3, -0.25) is 4.98 Å². The SMILES string of the molecule is FC(F)c1nnc(-c2ccc(Cn3ccc4c(C#Cc5cccc(Cl)c5)nccc43)nc2)o1. The Bertz CT molecular complexity index is 1500. The van der Waals surface area contributed by atoms with E-state index in [2.05, 4.69) is 32.0 Å². The number of pyridine rings is 2. The Kier molecular flexibility index (Phi) is 5.55. The molecule has 5 rings (SSSR count). The van der Waals surface area contributed by atoms with Crippen molar-refractivity contribution in [2.45, 2.75) is 13.0 Å². The number of alkyl halides is 2. The predicted octanol–water partition coefficient (Wildman–Crippen LogP) is 5.52. The van der Waals surface area contributed by atoms with E-state index in [0.29, 0.717) is 22.8 Å². The van der Waals surface area contributed by atoms with E-state index in [1.165, 1.54) is 6.20 Å². The Labute approximate surface area is 191 Å². The molecule has 0 fully saturated rings. The van der Waals surface area contributed by atoms with Crippen LogP contribution in [0.5, 0.6) is 0 Å². The Balaban J connectivity index is 1.38. The first kappa shape index (κ1) is 20.8. The zero-order valence-electron chi connectivity index (χ0n) is 16.9. The molecular weight excluding hydrogens is 448 g/mol. The largest absolute Gasteiger partial charge is 0.415 e. The smallest absolute Gasteiger partial charge is 0.314 e. The molecule has 6 nitrogen and oxygen atoms in total. The van der Waals surface area contributed by atoms with Crippen LogP contribution in [-0.2, 0) is 6.54 Å². The van der Waals surface area contributed by atoms with Gasteiger partial charge in [0.1, 0.15) is 5.69 Å².